The minimum Gasteiger partial charge on any atom is -0.332 e. The van der Waals surface area contributed by atoms with Crippen LogP contribution in [0.1, 0.15) is 0 Å². The zero-order valence-electron chi connectivity index (χ0n) is 8.77. The van der Waals surface area contributed by atoms with Crippen LogP contribution >= 0.6 is 11.6 Å². The molecule has 0 aliphatic rings. The zero-order valence-corrected chi connectivity index (χ0v) is 9.53. The van der Waals surface area contributed by atoms with Gasteiger partial charge >= 0.3 is 5.88 Å². The Labute approximate surface area is 96.5 Å². The van der Waals surface area contributed by atoms with E-state index in [2.05, 4.69) is 30.7 Å². The maximum absolute atomic E-state index is 5.76. The quantitative estimate of drug-likeness (QED) is 0.558. The van der Waals surface area contributed by atoms with E-state index in [1.165, 1.54) is 21.3 Å². The molecule has 1 heterocycles. The third-order valence-corrected chi connectivity index (χ3v) is 1.61. The van der Waals surface area contributed by atoms with Crippen LogP contribution < -0.4 is 14.7 Å². The van der Waals surface area contributed by atoms with Crippen LogP contribution in [0.3, 0.4) is 0 Å². The molecule has 0 saturated heterocycles. The largest absolute Gasteiger partial charge is 0.332 e. The molecule has 0 bridgehead atoms. The molecule has 0 aliphatic heterocycles. The molecule has 7 nitrogen and oxygen atoms in total. The Morgan fingerprint density at radius 3 is 2.06 bits per heavy atom. The summed E-state index contributed by atoms with van der Waals surface area (Å²) in [5.41, 5.74) is 0. The summed E-state index contributed by atoms with van der Waals surface area (Å²) in [7, 11) is 3.88. The number of pyridine rings is 1. The second-order valence-electron chi connectivity index (χ2n) is 2.25. The lowest BCUT2D eigenvalue weighted by Crippen LogP contribution is -2.03. The molecule has 0 aliphatic carbocycles. The summed E-state index contributed by atoms with van der Waals surface area (Å²) in [6.07, 6.45) is 2.41. The molecule has 16 heavy (non-hydrogen) atoms. The maximum Gasteiger partial charge on any atom is 0.307 e. The number of nitrogens with zero attached hydrogens (tertiary/aromatic N) is 1. The Morgan fingerprint density at radius 1 is 0.938 bits per heavy atom. The molecule has 0 atom stereocenters. The van der Waals surface area contributed by atoms with Gasteiger partial charge in [-0.3, -0.25) is 0 Å². The Kier molecular flexibility index (Phi) is 5.06. The van der Waals surface area contributed by atoms with Crippen molar-refractivity contribution < 1.29 is 29.3 Å². The van der Waals surface area contributed by atoms with Gasteiger partial charge in [0.05, 0.1) is 21.3 Å². The van der Waals surface area contributed by atoms with Crippen LogP contribution in [-0.2, 0) is 14.7 Å². The smallest absolute Gasteiger partial charge is 0.307 e. The first-order valence-corrected chi connectivity index (χ1v) is 4.35. The molecule has 1 aromatic heterocycles. The average Bonchev–Trinajstić information content (AvgIpc) is 2.27. The van der Waals surface area contributed by atoms with E-state index in [9.17, 15) is 0 Å². The summed E-state index contributed by atoms with van der Waals surface area (Å²) in [5, 5.41) is 0.0392. The number of aromatic nitrogens is 1. The molecule has 89 valence electrons. The fraction of sp³-hybridized carbons (Fsp3) is 0.375. The first-order valence-electron chi connectivity index (χ1n) is 3.97. The Bertz CT molecular complexity index is 348. The molecule has 1 aromatic rings. The molecule has 0 unspecified atom stereocenters. The lowest BCUT2D eigenvalue weighted by molar-refractivity contribution is -0.215. The van der Waals surface area contributed by atoms with E-state index >= 15 is 0 Å². The van der Waals surface area contributed by atoms with Gasteiger partial charge in [-0.05, 0) is 0 Å². The minimum atomic E-state index is -0.0687. The monoisotopic (exact) mass is 250 g/mol. The predicted octanol–water partition coefficient (Wildman–Crippen LogP) is 1.36. The van der Waals surface area contributed by atoms with Crippen LogP contribution in [0.2, 0.25) is 5.02 Å². The molecule has 1 radical (unpaired) electrons. The summed E-state index contributed by atoms with van der Waals surface area (Å²) in [5.74, 6) is -0.0937. The second-order valence-corrected chi connectivity index (χ2v) is 2.63. The second kappa shape index (κ2) is 6.33. The van der Waals surface area contributed by atoms with Gasteiger partial charge in [-0.2, -0.15) is 14.7 Å². The van der Waals surface area contributed by atoms with Crippen molar-refractivity contribution in [3.8, 4) is 17.4 Å². The van der Waals surface area contributed by atoms with Crippen LogP contribution in [0.4, 0.5) is 0 Å². The number of rotatable bonds is 6. The first kappa shape index (κ1) is 12.8. The number of hydrogen-bond donors (Lipinski definition) is 0. The van der Waals surface area contributed by atoms with Gasteiger partial charge in [-0.25, -0.2) is 4.98 Å². The van der Waals surface area contributed by atoms with Crippen molar-refractivity contribution in [1.29, 1.82) is 0 Å². The fourth-order valence-corrected chi connectivity index (χ4v) is 1.01. The summed E-state index contributed by atoms with van der Waals surface area (Å²) < 4.78 is 0. The normalized spacial score (nSPS) is 10.0. The van der Waals surface area contributed by atoms with Crippen LogP contribution in [-0.4, -0.2) is 26.3 Å². The molecule has 0 saturated carbocycles. The molecular weight excluding hydrogens is 242 g/mol. The third kappa shape index (κ3) is 2.86. The number of hydrogen-bond acceptors (Lipinski definition) is 7. The van der Waals surface area contributed by atoms with Gasteiger partial charge in [0, 0.05) is 0 Å². The van der Waals surface area contributed by atoms with Crippen molar-refractivity contribution in [3.05, 3.63) is 11.2 Å². The van der Waals surface area contributed by atoms with Gasteiger partial charge in [0.1, 0.15) is 11.2 Å². The van der Waals surface area contributed by atoms with Crippen molar-refractivity contribution in [2.45, 2.75) is 0 Å². The number of halogens is 1. The molecule has 0 aromatic carbocycles. The standard InChI is InChI=1S/C8H9ClNO6/c1-11-14-6-5(9)4-10-8(16-13-3)7(6)15-12-2/h1-3H3. The van der Waals surface area contributed by atoms with E-state index < -0.39 is 0 Å². The predicted molar refractivity (Wildman–Crippen MR) is 51.0 cm³/mol. The molecule has 0 spiro atoms. The van der Waals surface area contributed by atoms with Crippen molar-refractivity contribution >= 4 is 11.6 Å². The topological polar surface area (TPSA) is 68.3 Å². The van der Waals surface area contributed by atoms with E-state index in [-0.39, 0.29) is 22.4 Å². The van der Waals surface area contributed by atoms with Gasteiger partial charge in [-0.15, -0.1) is 0 Å². The van der Waals surface area contributed by atoms with Gasteiger partial charge in [0.25, 0.3) is 5.75 Å². The van der Waals surface area contributed by atoms with E-state index in [0.29, 0.717) is 0 Å². The summed E-state index contributed by atoms with van der Waals surface area (Å²) in [4.78, 5) is 31.3. The minimum absolute atomic E-state index is 0.00747. The lowest BCUT2D eigenvalue weighted by atomic mass is 10.4. The highest BCUT2D eigenvalue weighted by Crippen LogP contribution is 2.40. The Morgan fingerprint density at radius 2 is 1.50 bits per heavy atom. The van der Waals surface area contributed by atoms with Crippen LogP contribution in [0.5, 0.6) is 17.4 Å². The van der Waals surface area contributed by atoms with Gasteiger partial charge in [0.15, 0.2) is 0 Å². The lowest BCUT2D eigenvalue weighted by Gasteiger charge is -2.10. The summed E-state index contributed by atoms with van der Waals surface area (Å²) >= 11 is 5.76. The van der Waals surface area contributed by atoms with E-state index in [1.54, 1.807) is 0 Å². The Hall–Kier alpha value is -1.28. The summed E-state index contributed by atoms with van der Waals surface area (Å²) in [6.45, 7) is 0. The Balaban J connectivity index is 3.14. The molecule has 0 N–H and O–H groups in total. The van der Waals surface area contributed by atoms with Crippen molar-refractivity contribution in [1.82, 2.24) is 4.98 Å². The zero-order chi connectivity index (χ0) is 12.0. The highest BCUT2D eigenvalue weighted by atomic mass is 35.5. The third-order valence-electron chi connectivity index (χ3n) is 1.35. The highest BCUT2D eigenvalue weighted by Gasteiger charge is 2.22. The van der Waals surface area contributed by atoms with Crippen LogP contribution in [0.25, 0.3) is 0 Å². The van der Waals surface area contributed by atoms with Crippen molar-refractivity contribution in [2.24, 2.45) is 0 Å². The van der Waals surface area contributed by atoms with E-state index in [1.807, 2.05) is 0 Å². The van der Waals surface area contributed by atoms with Gasteiger partial charge in [0.2, 0.25) is 5.75 Å². The van der Waals surface area contributed by atoms with Crippen LogP contribution in [0, 0.1) is 6.20 Å². The molecule has 1 rings (SSSR count). The average molecular weight is 251 g/mol. The van der Waals surface area contributed by atoms with Gasteiger partial charge < -0.3 is 14.7 Å². The van der Waals surface area contributed by atoms with E-state index in [0.717, 1.165) is 0 Å². The molecule has 0 fully saturated rings. The van der Waals surface area contributed by atoms with Gasteiger partial charge in [-0.1, -0.05) is 11.6 Å². The first-order chi connectivity index (χ1) is 7.74. The highest BCUT2D eigenvalue weighted by molar-refractivity contribution is 6.32. The van der Waals surface area contributed by atoms with Crippen LogP contribution in [0.15, 0.2) is 0 Å². The summed E-state index contributed by atoms with van der Waals surface area (Å²) in [6, 6.07) is 0. The van der Waals surface area contributed by atoms with E-state index in [4.69, 9.17) is 21.4 Å². The van der Waals surface area contributed by atoms with Crippen molar-refractivity contribution in [2.75, 3.05) is 21.3 Å². The van der Waals surface area contributed by atoms with Crippen molar-refractivity contribution in [3.63, 3.8) is 0 Å². The maximum atomic E-state index is 5.76. The molecule has 8 heteroatoms. The SMILES string of the molecule is COOc1n[c]c(Cl)c(OOC)c1OOC. The molecule has 0 amide bonds. The molecular formula is C8H9ClNO6. The fourth-order valence-electron chi connectivity index (χ4n) is 0.848.